The predicted octanol–water partition coefficient (Wildman–Crippen LogP) is 0.936. The van der Waals surface area contributed by atoms with E-state index in [0.29, 0.717) is 24.1 Å². The monoisotopic (exact) mass is 350 g/mol. The van der Waals surface area contributed by atoms with Gasteiger partial charge in [0.2, 0.25) is 0 Å². The summed E-state index contributed by atoms with van der Waals surface area (Å²) in [6, 6.07) is 1.85. The number of likely N-dealkylation sites (tertiary alicyclic amines) is 1. The van der Waals surface area contributed by atoms with Crippen molar-refractivity contribution in [3.8, 4) is 0 Å². The Morgan fingerprint density at radius 3 is 2.72 bits per heavy atom. The molecule has 0 saturated carbocycles. The van der Waals surface area contributed by atoms with Crippen LogP contribution in [0, 0.1) is 11.8 Å². The molecule has 2 saturated heterocycles. The van der Waals surface area contributed by atoms with Crippen LogP contribution in [0.4, 0.5) is 0 Å². The topological polar surface area (TPSA) is 81.7 Å². The highest BCUT2D eigenvalue weighted by atomic mass is 16.5. The van der Waals surface area contributed by atoms with E-state index in [-0.39, 0.29) is 18.4 Å². The van der Waals surface area contributed by atoms with Gasteiger partial charge in [-0.2, -0.15) is 5.10 Å². The molecule has 7 nitrogen and oxygen atoms in total. The van der Waals surface area contributed by atoms with Crippen molar-refractivity contribution in [1.82, 2.24) is 20.0 Å². The van der Waals surface area contributed by atoms with Crippen molar-refractivity contribution in [2.24, 2.45) is 11.8 Å². The molecular formula is C18H30N4O3. The van der Waals surface area contributed by atoms with E-state index in [2.05, 4.69) is 28.9 Å². The number of H-pyrrole nitrogens is 1. The lowest BCUT2D eigenvalue weighted by Gasteiger charge is -2.39. The number of hydrogen-bond acceptors (Lipinski definition) is 5. The number of aliphatic hydroxyl groups is 1. The molecule has 7 heteroatoms. The van der Waals surface area contributed by atoms with E-state index < -0.39 is 0 Å². The van der Waals surface area contributed by atoms with Crippen molar-refractivity contribution in [3.05, 3.63) is 17.5 Å². The van der Waals surface area contributed by atoms with Gasteiger partial charge in [-0.1, -0.05) is 13.8 Å². The van der Waals surface area contributed by atoms with Gasteiger partial charge in [-0.05, 0) is 30.2 Å². The summed E-state index contributed by atoms with van der Waals surface area (Å²) < 4.78 is 5.41. The van der Waals surface area contributed by atoms with E-state index in [9.17, 15) is 9.90 Å². The third-order valence-electron chi connectivity index (χ3n) is 5.23. The van der Waals surface area contributed by atoms with Crippen LogP contribution < -0.4 is 0 Å². The van der Waals surface area contributed by atoms with Crippen LogP contribution in [-0.4, -0.2) is 83.6 Å². The lowest BCUT2D eigenvalue weighted by Crippen LogP contribution is -2.49. The summed E-state index contributed by atoms with van der Waals surface area (Å²) in [5.74, 6) is 0.812. The molecule has 3 heterocycles. The Hall–Kier alpha value is -1.44. The van der Waals surface area contributed by atoms with Gasteiger partial charge in [0.15, 0.2) is 0 Å². The Balaban J connectivity index is 1.65. The number of rotatable bonds is 5. The highest BCUT2D eigenvalue weighted by molar-refractivity contribution is 5.92. The second kappa shape index (κ2) is 8.29. The minimum absolute atomic E-state index is 0.0340. The van der Waals surface area contributed by atoms with Crippen molar-refractivity contribution >= 4 is 5.91 Å². The Bertz CT molecular complexity index is 568. The van der Waals surface area contributed by atoms with Crippen molar-refractivity contribution in [2.45, 2.75) is 26.2 Å². The largest absolute Gasteiger partial charge is 0.396 e. The molecule has 0 aliphatic carbocycles. The summed E-state index contributed by atoms with van der Waals surface area (Å²) >= 11 is 0. The number of aromatic nitrogens is 2. The maximum absolute atomic E-state index is 12.9. The number of hydrogen-bond donors (Lipinski definition) is 2. The number of carbonyl (C=O) groups excluding carboxylic acids is 1. The van der Waals surface area contributed by atoms with Crippen molar-refractivity contribution < 1.29 is 14.6 Å². The van der Waals surface area contributed by atoms with E-state index in [4.69, 9.17) is 4.74 Å². The first-order valence-electron chi connectivity index (χ1n) is 9.32. The average Bonchev–Trinajstić information content (AvgIpc) is 3.12. The molecule has 140 valence electrons. The van der Waals surface area contributed by atoms with Crippen LogP contribution >= 0.6 is 0 Å². The van der Waals surface area contributed by atoms with Gasteiger partial charge in [0.25, 0.3) is 5.91 Å². The zero-order valence-corrected chi connectivity index (χ0v) is 15.3. The molecule has 0 spiro atoms. The first-order valence-corrected chi connectivity index (χ1v) is 9.32. The first-order chi connectivity index (χ1) is 12.1. The molecule has 1 amide bonds. The van der Waals surface area contributed by atoms with Crippen LogP contribution in [0.3, 0.4) is 0 Å². The van der Waals surface area contributed by atoms with Crippen LogP contribution in [0.2, 0.25) is 0 Å². The molecular weight excluding hydrogens is 320 g/mol. The summed E-state index contributed by atoms with van der Waals surface area (Å²) in [6.45, 7) is 10.0. The zero-order valence-electron chi connectivity index (χ0n) is 15.3. The molecule has 2 aliphatic rings. The fourth-order valence-corrected chi connectivity index (χ4v) is 3.80. The Labute approximate surface area is 149 Å². The van der Waals surface area contributed by atoms with E-state index in [0.717, 1.165) is 51.5 Å². The molecule has 3 rings (SSSR count). The number of piperidine rings is 1. The summed E-state index contributed by atoms with van der Waals surface area (Å²) in [7, 11) is 0. The first kappa shape index (κ1) is 18.4. The highest BCUT2D eigenvalue weighted by Crippen LogP contribution is 2.24. The smallest absolute Gasteiger partial charge is 0.274 e. The minimum atomic E-state index is -0.0340. The molecule has 1 aromatic heterocycles. The van der Waals surface area contributed by atoms with Gasteiger partial charge in [-0.25, -0.2) is 0 Å². The Morgan fingerprint density at radius 1 is 1.36 bits per heavy atom. The number of morpholine rings is 1. The van der Waals surface area contributed by atoms with Crippen molar-refractivity contribution in [3.63, 3.8) is 0 Å². The summed E-state index contributed by atoms with van der Waals surface area (Å²) in [4.78, 5) is 17.1. The second-order valence-electron chi connectivity index (χ2n) is 7.64. The number of nitrogens with one attached hydrogen (secondary N) is 1. The second-order valence-corrected chi connectivity index (χ2v) is 7.64. The SMILES string of the molecule is CC(C)c1cc(C(=O)N2C[C@H](CO)C[C@H](CN3CCOCC3)C2)n[nH]1. The minimum Gasteiger partial charge on any atom is -0.396 e. The molecule has 0 unspecified atom stereocenters. The Kier molecular flexibility index (Phi) is 6.09. The molecule has 2 atom stereocenters. The third-order valence-corrected chi connectivity index (χ3v) is 5.23. The number of carbonyl (C=O) groups is 1. The fourth-order valence-electron chi connectivity index (χ4n) is 3.80. The van der Waals surface area contributed by atoms with Gasteiger partial charge in [0, 0.05) is 45.0 Å². The van der Waals surface area contributed by atoms with Gasteiger partial charge in [0.05, 0.1) is 13.2 Å². The van der Waals surface area contributed by atoms with Crippen LogP contribution in [0.25, 0.3) is 0 Å². The van der Waals surface area contributed by atoms with Gasteiger partial charge in [0.1, 0.15) is 5.69 Å². The molecule has 0 aromatic carbocycles. The number of ether oxygens (including phenoxy) is 1. The number of aromatic amines is 1. The molecule has 0 radical (unpaired) electrons. The van der Waals surface area contributed by atoms with Crippen LogP contribution in [0.1, 0.15) is 42.4 Å². The molecule has 1 aromatic rings. The fraction of sp³-hybridized carbons (Fsp3) is 0.778. The quantitative estimate of drug-likeness (QED) is 0.826. The molecule has 2 fully saturated rings. The molecule has 2 N–H and O–H groups in total. The third kappa shape index (κ3) is 4.59. The lowest BCUT2D eigenvalue weighted by atomic mass is 9.89. The summed E-state index contributed by atoms with van der Waals surface area (Å²) in [6.07, 6.45) is 0.968. The van der Waals surface area contributed by atoms with Crippen molar-refractivity contribution in [1.29, 1.82) is 0 Å². The van der Waals surface area contributed by atoms with E-state index in [1.165, 1.54) is 0 Å². The molecule has 25 heavy (non-hydrogen) atoms. The van der Waals surface area contributed by atoms with Crippen LogP contribution in [-0.2, 0) is 4.74 Å². The Morgan fingerprint density at radius 2 is 2.08 bits per heavy atom. The van der Waals surface area contributed by atoms with E-state index in [1.54, 1.807) is 0 Å². The summed E-state index contributed by atoms with van der Waals surface area (Å²) in [5, 5.41) is 16.8. The van der Waals surface area contributed by atoms with Crippen LogP contribution in [0.5, 0.6) is 0 Å². The number of nitrogens with zero attached hydrogens (tertiary/aromatic N) is 3. The average molecular weight is 350 g/mol. The maximum Gasteiger partial charge on any atom is 0.274 e. The van der Waals surface area contributed by atoms with Crippen molar-refractivity contribution in [2.75, 3.05) is 52.5 Å². The van der Waals surface area contributed by atoms with Gasteiger partial charge < -0.3 is 14.7 Å². The van der Waals surface area contributed by atoms with E-state index >= 15 is 0 Å². The van der Waals surface area contributed by atoms with Gasteiger partial charge in [-0.15, -0.1) is 0 Å². The predicted molar refractivity (Wildman–Crippen MR) is 94.5 cm³/mol. The molecule has 2 aliphatic heterocycles. The number of amides is 1. The summed E-state index contributed by atoms with van der Waals surface area (Å²) in [5.41, 5.74) is 1.45. The standard InChI is InChI=1S/C18H30N4O3/c1-13(2)16-8-17(20-19-16)18(24)22-10-14(7-15(11-22)12-23)9-21-3-5-25-6-4-21/h8,13-15,23H,3-7,9-12H2,1-2H3,(H,19,20)/t14-,15-/m1/s1. The van der Waals surface area contributed by atoms with Gasteiger partial charge in [-0.3, -0.25) is 14.8 Å². The maximum atomic E-state index is 12.9. The van der Waals surface area contributed by atoms with Gasteiger partial charge >= 0.3 is 0 Å². The molecule has 0 bridgehead atoms. The normalized spacial score (nSPS) is 25.5. The van der Waals surface area contributed by atoms with E-state index in [1.807, 2.05) is 11.0 Å². The lowest BCUT2D eigenvalue weighted by molar-refractivity contribution is 0.0129. The number of aliphatic hydroxyl groups excluding tert-OH is 1. The highest BCUT2D eigenvalue weighted by Gasteiger charge is 2.32. The van der Waals surface area contributed by atoms with Crippen LogP contribution in [0.15, 0.2) is 6.07 Å². The zero-order chi connectivity index (χ0) is 17.8.